The predicted molar refractivity (Wildman–Crippen MR) is 111 cm³/mol. The van der Waals surface area contributed by atoms with Crippen molar-refractivity contribution >= 4 is 29.0 Å². The lowest BCUT2D eigenvalue weighted by atomic mass is 10.2. The standard InChI is InChI=1S/C21H21ClN4O2/c1-14(2)28-18-9-7-17(8-10-18)26-21(27)19-12-25-20(13-23-19)24-11-15-3-5-16(22)6-4-15/h3-10,12-14H,11H2,1-2H3,(H,24,25)(H,26,27). The van der Waals surface area contributed by atoms with Crippen molar-refractivity contribution in [1.82, 2.24) is 9.97 Å². The lowest BCUT2D eigenvalue weighted by Gasteiger charge is -2.10. The third-order valence-electron chi connectivity index (χ3n) is 3.76. The number of aromatic nitrogens is 2. The minimum atomic E-state index is -0.325. The van der Waals surface area contributed by atoms with E-state index in [9.17, 15) is 4.79 Å². The Labute approximate surface area is 168 Å². The first-order valence-electron chi connectivity index (χ1n) is 8.88. The second-order valence-corrected chi connectivity index (χ2v) is 6.85. The summed E-state index contributed by atoms with van der Waals surface area (Å²) in [6.07, 6.45) is 3.07. The van der Waals surface area contributed by atoms with Crippen molar-refractivity contribution in [1.29, 1.82) is 0 Å². The van der Waals surface area contributed by atoms with E-state index in [1.165, 1.54) is 12.4 Å². The molecule has 28 heavy (non-hydrogen) atoms. The van der Waals surface area contributed by atoms with Gasteiger partial charge < -0.3 is 15.4 Å². The van der Waals surface area contributed by atoms with E-state index in [1.807, 2.05) is 50.2 Å². The Morgan fingerprint density at radius 1 is 1.04 bits per heavy atom. The SMILES string of the molecule is CC(C)Oc1ccc(NC(=O)c2cnc(NCc3ccc(Cl)cc3)cn2)cc1. The fraction of sp³-hybridized carbons (Fsp3) is 0.190. The van der Waals surface area contributed by atoms with Crippen LogP contribution in [-0.2, 0) is 6.54 Å². The molecule has 7 heteroatoms. The third kappa shape index (κ3) is 5.69. The molecule has 0 saturated heterocycles. The highest BCUT2D eigenvalue weighted by Gasteiger charge is 2.09. The lowest BCUT2D eigenvalue weighted by Crippen LogP contribution is -2.14. The number of carbonyl (C=O) groups is 1. The van der Waals surface area contributed by atoms with E-state index in [2.05, 4.69) is 20.6 Å². The molecule has 0 fully saturated rings. The molecule has 0 unspecified atom stereocenters. The molecule has 1 aromatic heterocycles. The quantitative estimate of drug-likeness (QED) is 0.601. The fourth-order valence-corrected chi connectivity index (χ4v) is 2.54. The molecule has 0 saturated carbocycles. The molecule has 0 bridgehead atoms. The molecule has 1 heterocycles. The minimum absolute atomic E-state index is 0.0996. The molecule has 2 aromatic carbocycles. The molecule has 3 rings (SSSR count). The average molecular weight is 397 g/mol. The summed E-state index contributed by atoms with van der Waals surface area (Å²) in [5.74, 6) is 1.01. The predicted octanol–water partition coefficient (Wildman–Crippen LogP) is 4.78. The third-order valence-corrected chi connectivity index (χ3v) is 4.01. The van der Waals surface area contributed by atoms with Crippen LogP contribution in [0.5, 0.6) is 5.75 Å². The van der Waals surface area contributed by atoms with Crippen LogP contribution in [0.25, 0.3) is 0 Å². The van der Waals surface area contributed by atoms with Crippen LogP contribution >= 0.6 is 11.6 Å². The summed E-state index contributed by atoms with van der Waals surface area (Å²) in [6, 6.07) is 14.7. The fourth-order valence-electron chi connectivity index (χ4n) is 2.42. The van der Waals surface area contributed by atoms with E-state index < -0.39 is 0 Å². The number of nitrogens with one attached hydrogen (secondary N) is 2. The van der Waals surface area contributed by atoms with Crippen LogP contribution in [0.15, 0.2) is 60.9 Å². The molecule has 144 valence electrons. The number of hydrogen-bond acceptors (Lipinski definition) is 5. The van der Waals surface area contributed by atoms with Crippen LogP contribution in [0.2, 0.25) is 5.02 Å². The highest BCUT2D eigenvalue weighted by Crippen LogP contribution is 2.17. The molecule has 0 aliphatic heterocycles. The van der Waals surface area contributed by atoms with Gasteiger partial charge in [0.1, 0.15) is 17.3 Å². The summed E-state index contributed by atoms with van der Waals surface area (Å²) in [4.78, 5) is 20.7. The molecule has 3 aromatic rings. The number of carbonyl (C=O) groups excluding carboxylic acids is 1. The van der Waals surface area contributed by atoms with E-state index in [4.69, 9.17) is 16.3 Å². The minimum Gasteiger partial charge on any atom is -0.491 e. The van der Waals surface area contributed by atoms with Gasteiger partial charge in [0.05, 0.1) is 18.5 Å². The maximum atomic E-state index is 12.3. The van der Waals surface area contributed by atoms with Crippen molar-refractivity contribution in [3.63, 3.8) is 0 Å². The highest BCUT2D eigenvalue weighted by atomic mass is 35.5. The molecule has 2 N–H and O–H groups in total. The highest BCUT2D eigenvalue weighted by molar-refractivity contribution is 6.30. The second kappa shape index (κ2) is 9.19. The van der Waals surface area contributed by atoms with Crippen LogP contribution in [0.3, 0.4) is 0 Å². The van der Waals surface area contributed by atoms with Gasteiger partial charge in [0, 0.05) is 17.3 Å². The first-order valence-corrected chi connectivity index (χ1v) is 9.26. The van der Waals surface area contributed by atoms with Crippen molar-refractivity contribution < 1.29 is 9.53 Å². The molecule has 0 radical (unpaired) electrons. The number of rotatable bonds is 7. The van der Waals surface area contributed by atoms with Gasteiger partial charge in [-0.05, 0) is 55.8 Å². The summed E-state index contributed by atoms with van der Waals surface area (Å²) in [5, 5.41) is 6.64. The smallest absolute Gasteiger partial charge is 0.275 e. The van der Waals surface area contributed by atoms with Crippen LogP contribution in [0.4, 0.5) is 11.5 Å². The molecule has 0 spiro atoms. The Bertz CT molecular complexity index is 911. The van der Waals surface area contributed by atoms with Crippen molar-refractivity contribution in [2.24, 2.45) is 0 Å². The van der Waals surface area contributed by atoms with Crippen molar-refractivity contribution in [3.05, 3.63) is 77.2 Å². The summed E-state index contributed by atoms with van der Waals surface area (Å²) in [5.41, 5.74) is 1.96. The zero-order chi connectivity index (χ0) is 19.9. The Balaban J connectivity index is 1.55. The van der Waals surface area contributed by atoms with Gasteiger partial charge in [0.15, 0.2) is 0 Å². The first kappa shape index (κ1) is 19.6. The van der Waals surface area contributed by atoms with Gasteiger partial charge in [-0.3, -0.25) is 4.79 Å². The number of benzene rings is 2. The van der Waals surface area contributed by atoms with Gasteiger partial charge in [-0.1, -0.05) is 23.7 Å². The summed E-state index contributed by atoms with van der Waals surface area (Å²) < 4.78 is 5.58. The van der Waals surface area contributed by atoms with E-state index in [0.29, 0.717) is 23.1 Å². The van der Waals surface area contributed by atoms with E-state index in [0.717, 1.165) is 11.3 Å². The molecular formula is C21H21ClN4O2. The molecule has 6 nitrogen and oxygen atoms in total. The molecule has 0 atom stereocenters. The number of nitrogens with zero attached hydrogens (tertiary/aromatic N) is 2. The molecule has 0 aliphatic rings. The normalized spacial score (nSPS) is 10.6. The second-order valence-electron chi connectivity index (χ2n) is 6.41. The zero-order valence-corrected chi connectivity index (χ0v) is 16.4. The number of ether oxygens (including phenoxy) is 1. The number of anilines is 2. The Hall–Kier alpha value is -3.12. The number of hydrogen-bond donors (Lipinski definition) is 2. The van der Waals surface area contributed by atoms with Gasteiger partial charge in [-0.15, -0.1) is 0 Å². The van der Waals surface area contributed by atoms with Crippen LogP contribution < -0.4 is 15.4 Å². The van der Waals surface area contributed by atoms with E-state index >= 15 is 0 Å². The largest absolute Gasteiger partial charge is 0.491 e. The maximum Gasteiger partial charge on any atom is 0.275 e. The topological polar surface area (TPSA) is 76.1 Å². The van der Waals surface area contributed by atoms with Gasteiger partial charge in [-0.25, -0.2) is 9.97 Å². The average Bonchev–Trinajstić information content (AvgIpc) is 2.69. The molecular weight excluding hydrogens is 376 g/mol. The molecule has 0 aliphatic carbocycles. The van der Waals surface area contributed by atoms with E-state index in [-0.39, 0.29) is 17.7 Å². The zero-order valence-electron chi connectivity index (χ0n) is 15.6. The summed E-state index contributed by atoms with van der Waals surface area (Å²) in [6.45, 7) is 4.51. The number of halogens is 1. The van der Waals surface area contributed by atoms with E-state index in [1.54, 1.807) is 12.1 Å². The Morgan fingerprint density at radius 3 is 2.36 bits per heavy atom. The van der Waals surface area contributed by atoms with Crippen molar-refractivity contribution in [2.75, 3.05) is 10.6 Å². The van der Waals surface area contributed by atoms with Crippen LogP contribution in [0, 0.1) is 0 Å². The Morgan fingerprint density at radius 2 is 1.75 bits per heavy atom. The maximum absolute atomic E-state index is 12.3. The first-order chi connectivity index (χ1) is 13.5. The van der Waals surface area contributed by atoms with Crippen LogP contribution in [0.1, 0.15) is 29.9 Å². The lowest BCUT2D eigenvalue weighted by molar-refractivity contribution is 0.102. The van der Waals surface area contributed by atoms with Crippen LogP contribution in [-0.4, -0.2) is 22.0 Å². The Kier molecular flexibility index (Phi) is 6.45. The summed E-state index contributed by atoms with van der Waals surface area (Å²) in [7, 11) is 0. The van der Waals surface area contributed by atoms with Gasteiger partial charge in [-0.2, -0.15) is 0 Å². The van der Waals surface area contributed by atoms with Gasteiger partial charge in [0.2, 0.25) is 0 Å². The van der Waals surface area contributed by atoms with Crippen molar-refractivity contribution in [3.8, 4) is 5.75 Å². The summed E-state index contributed by atoms with van der Waals surface area (Å²) >= 11 is 5.87. The van der Waals surface area contributed by atoms with Crippen molar-refractivity contribution in [2.45, 2.75) is 26.5 Å². The number of amides is 1. The van der Waals surface area contributed by atoms with Gasteiger partial charge in [0.25, 0.3) is 5.91 Å². The molecule has 1 amide bonds. The monoisotopic (exact) mass is 396 g/mol. The van der Waals surface area contributed by atoms with Gasteiger partial charge >= 0.3 is 0 Å².